The average molecular weight is 292 g/mol. The van der Waals surface area contributed by atoms with Gasteiger partial charge in [0.2, 0.25) is 0 Å². The molecule has 2 aliphatic carbocycles. The summed E-state index contributed by atoms with van der Waals surface area (Å²) in [5.41, 5.74) is 8.06. The Kier molecular flexibility index (Phi) is 4.49. The van der Waals surface area contributed by atoms with Crippen LogP contribution in [0.5, 0.6) is 0 Å². The molecule has 2 N–H and O–H groups in total. The summed E-state index contributed by atoms with van der Waals surface area (Å²) in [7, 11) is 0. The van der Waals surface area contributed by atoms with Gasteiger partial charge in [0.15, 0.2) is 0 Å². The SMILES string of the molecule is CC1CCCC(CN)(N(Cc2ccsc2)C2CC2)CC1. The van der Waals surface area contributed by atoms with Gasteiger partial charge >= 0.3 is 0 Å². The van der Waals surface area contributed by atoms with Gasteiger partial charge in [0.25, 0.3) is 0 Å². The Labute approximate surface area is 127 Å². The van der Waals surface area contributed by atoms with Crippen molar-refractivity contribution < 1.29 is 0 Å². The van der Waals surface area contributed by atoms with Gasteiger partial charge in [-0.25, -0.2) is 0 Å². The van der Waals surface area contributed by atoms with E-state index in [1.165, 1.54) is 50.5 Å². The third-order valence-corrected chi connectivity index (χ3v) is 6.08. The molecule has 1 heterocycles. The zero-order chi connectivity index (χ0) is 14.0. The molecule has 20 heavy (non-hydrogen) atoms. The maximum atomic E-state index is 6.31. The lowest BCUT2D eigenvalue weighted by molar-refractivity contribution is 0.0604. The molecule has 3 rings (SSSR count). The van der Waals surface area contributed by atoms with Crippen molar-refractivity contribution in [2.75, 3.05) is 6.54 Å². The number of rotatable bonds is 5. The van der Waals surface area contributed by atoms with Crippen LogP contribution in [-0.4, -0.2) is 23.0 Å². The molecule has 0 bridgehead atoms. The van der Waals surface area contributed by atoms with Gasteiger partial charge in [-0.05, 0) is 60.4 Å². The van der Waals surface area contributed by atoms with Crippen molar-refractivity contribution in [1.29, 1.82) is 0 Å². The molecule has 1 aromatic rings. The largest absolute Gasteiger partial charge is 0.329 e. The maximum absolute atomic E-state index is 6.31. The molecule has 2 aliphatic rings. The predicted molar refractivity (Wildman–Crippen MR) is 86.9 cm³/mol. The van der Waals surface area contributed by atoms with Crippen molar-refractivity contribution in [3.05, 3.63) is 22.4 Å². The molecule has 0 radical (unpaired) electrons. The van der Waals surface area contributed by atoms with E-state index in [4.69, 9.17) is 5.73 Å². The normalized spacial score (nSPS) is 31.4. The minimum absolute atomic E-state index is 0.272. The van der Waals surface area contributed by atoms with Gasteiger partial charge in [0.1, 0.15) is 0 Å². The third-order valence-electron chi connectivity index (χ3n) is 5.35. The monoisotopic (exact) mass is 292 g/mol. The first-order valence-electron chi connectivity index (χ1n) is 8.21. The number of nitrogens with two attached hydrogens (primary N) is 1. The lowest BCUT2D eigenvalue weighted by atomic mass is 9.87. The van der Waals surface area contributed by atoms with Crippen LogP contribution in [0.2, 0.25) is 0 Å². The van der Waals surface area contributed by atoms with Gasteiger partial charge in [-0.1, -0.05) is 19.8 Å². The fraction of sp³-hybridized carbons (Fsp3) is 0.765. The van der Waals surface area contributed by atoms with E-state index in [9.17, 15) is 0 Å². The summed E-state index contributed by atoms with van der Waals surface area (Å²) in [5, 5.41) is 4.50. The molecule has 3 heteroatoms. The molecule has 0 aliphatic heterocycles. The first kappa shape index (κ1) is 14.6. The van der Waals surface area contributed by atoms with Crippen LogP contribution in [0.1, 0.15) is 57.4 Å². The number of hydrogen-bond acceptors (Lipinski definition) is 3. The van der Waals surface area contributed by atoms with Gasteiger partial charge < -0.3 is 5.73 Å². The number of thiophene rings is 1. The molecular weight excluding hydrogens is 264 g/mol. The highest BCUT2D eigenvalue weighted by molar-refractivity contribution is 7.07. The highest BCUT2D eigenvalue weighted by Crippen LogP contribution is 2.41. The lowest BCUT2D eigenvalue weighted by Crippen LogP contribution is -2.54. The van der Waals surface area contributed by atoms with Crippen molar-refractivity contribution in [3.63, 3.8) is 0 Å². The summed E-state index contributed by atoms with van der Waals surface area (Å²) in [6.07, 6.45) is 9.44. The zero-order valence-corrected chi connectivity index (χ0v) is 13.5. The van der Waals surface area contributed by atoms with Crippen LogP contribution in [0.15, 0.2) is 16.8 Å². The first-order chi connectivity index (χ1) is 9.73. The standard InChI is InChI=1S/C17H28N2S/c1-14-3-2-8-17(13-18,9-6-14)19(16-4-5-16)11-15-7-10-20-12-15/h7,10,12,14,16H,2-6,8-9,11,13,18H2,1H3. The summed E-state index contributed by atoms with van der Waals surface area (Å²) in [6.45, 7) is 4.35. The average Bonchev–Trinajstić information content (AvgIpc) is 3.20. The van der Waals surface area contributed by atoms with Crippen LogP contribution in [0.4, 0.5) is 0 Å². The zero-order valence-electron chi connectivity index (χ0n) is 12.7. The minimum Gasteiger partial charge on any atom is -0.329 e. The Morgan fingerprint density at radius 3 is 2.80 bits per heavy atom. The van der Waals surface area contributed by atoms with Crippen LogP contribution in [0.25, 0.3) is 0 Å². The molecule has 1 aromatic heterocycles. The summed E-state index contributed by atoms with van der Waals surface area (Å²) in [5.74, 6) is 0.880. The molecule has 2 saturated carbocycles. The molecule has 0 aromatic carbocycles. The van der Waals surface area contributed by atoms with Gasteiger partial charge in [0.05, 0.1) is 0 Å². The highest BCUT2D eigenvalue weighted by atomic mass is 32.1. The van der Waals surface area contributed by atoms with Gasteiger partial charge in [0, 0.05) is 24.7 Å². The fourth-order valence-corrected chi connectivity index (χ4v) is 4.48. The molecule has 2 unspecified atom stereocenters. The van der Waals surface area contributed by atoms with Crippen molar-refractivity contribution in [2.24, 2.45) is 11.7 Å². The minimum atomic E-state index is 0.272. The number of hydrogen-bond donors (Lipinski definition) is 1. The summed E-state index contributed by atoms with van der Waals surface area (Å²) < 4.78 is 0. The van der Waals surface area contributed by atoms with Crippen molar-refractivity contribution in [3.8, 4) is 0 Å². The summed E-state index contributed by atoms with van der Waals surface area (Å²) in [6, 6.07) is 3.08. The topological polar surface area (TPSA) is 29.3 Å². The molecule has 0 saturated heterocycles. The molecule has 2 fully saturated rings. The van der Waals surface area contributed by atoms with Crippen molar-refractivity contribution in [2.45, 2.75) is 70.0 Å². The molecule has 2 nitrogen and oxygen atoms in total. The van der Waals surface area contributed by atoms with Crippen LogP contribution in [0, 0.1) is 5.92 Å². The third kappa shape index (κ3) is 3.10. The predicted octanol–water partition coefficient (Wildman–Crippen LogP) is 4.01. The van der Waals surface area contributed by atoms with E-state index in [0.29, 0.717) is 0 Å². The quantitative estimate of drug-likeness (QED) is 0.831. The van der Waals surface area contributed by atoms with Crippen LogP contribution < -0.4 is 5.73 Å². The number of nitrogens with zero attached hydrogens (tertiary/aromatic N) is 1. The highest BCUT2D eigenvalue weighted by Gasteiger charge is 2.43. The smallest absolute Gasteiger partial charge is 0.0338 e. The molecule has 0 amide bonds. The Morgan fingerprint density at radius 2 is 2.15 bits per heavy atom. The van der Waals surface area contributed by atoms with Crippen LogP contribution in [0.3, 0.4) is 0 Å². The first-order valence-corrected chi connectivity index (χ1v) is 9.16. The Hall–Kier alpha value is -0.380. The van der Waals surface area contributed by atoms with E-state index in [-0.39, 0.29) is 5.54 Å². The van der Waals surface area contributed by atoms with E-state index in [0.717, 1.165) is 25.0 Å². The molecule has 0 spiro atoms. The van der Waals surface area contributed by atoms with E-state index in [2.05, 4.69) is 28.7 Å². The molecular formula is C17H28N2S. The maximum Gasteiger partial charge on any atom is 0.0338 e. The second kappa shape index (κ2) is 6.17. The Balaban J connectivity index is 1.79. The Morgan fingerprint density at radius 1 is 1.30 bits per heavy atom. The van der Waals surface area contributed by atoms with E-state index < -0.39 is 0 Å². The summed E-state index contributed by atoms with van der Waals surface area (Å²) in [4.78, 5) is 2.78. The van der Waals surface area contributed by atoms with Gasteiger partial charge in [-0.3, -0.25) is 4.90 Å². The molecule has 112 valence electrons. The van der Waals surface area contributed by atoms with Crippen molar-refractivity contribution >= 4 is 11.3 Å². The molecule has 2 atom stereocenters. The van der Waals surface area contributed by atoms with E-state index in [1.807, 2.05) is 11.3 Å². The Bertz CT molecular complexity index is 413. The van der Waals surface area contributed by atoms with E-state index >= 15 is 0 Å². The van der Waals surface area contributed by atoms with Crippen molar-refractivity contribution in [1.82, 2.24) is 4.90 Å². The second-order valence-corrected chi connectivity index (χ2v) is 7.74. The van der Waals surface area contributed by atoms with Gasteiger partial charge in [-0.2, -0.15) is 11.3 Å². The van der Waals surface area contributed by atoms with Crippen LogP contribution >= 0.6 is 11.3 Å². The summed E-state index contributed by atoms with van der Waals surface area (Å²) >= 11 is 1.81. The fourth-order valence-electron chi connectivity index (χ4n) is 3.82. The van der Waals surface area contributed by atoms with Crippen LogP contribution in [-0.2, 0) is 6.54 Å². The second-order valence-electron chi connectivity index (χ2n) is 6.96. The van der Waals surface area contributed by atoms with E-state index in [1.54, 1.807) is 0 Å². The lowest BCUT2D eigenvalue weighted by Gasteiger charge is -2.44. The van der Waals surface area contributed by atoms with Gasteiger partial charge in [-0.15, -0.1) is 0 Å².